The van der Waals surface area contributed by atoms with Gasteiger partial charge in [0.25, 0.3) is 5.91 Å². The Bertz CT molecular complexity index is 1280. The van der Waals surface area contributed by atoms with Crippen molar-refractivity contribution < 1.29 is 29.0 Å². The molecular formula is C31H34N2O6S. The van der Waals surface area contributed by atoms with Gasteiger partial charge in [-0.25, -0.2) is 0 Å². The molecule has 2 aromatic carbocycles. The molecule has 2 unspecified atom stereocenters. The van der Waals surface area contributed by atoms with Gasteiger partial charge < -0.3 is 24.4 Å². The first-order valence-corrected chi connectivity index (χ1v) is 14.3. The van der Waals surface area contributed by atoms with Gasteiger partial charge >= 0.3 is 5.97 Å². The Morgan fingerprint density at radius 3 is 2.52 bits per heavy atom. The summed E-state index contributed by atoms with van der Waals surface area (Å²) >= 11 is 1.56. The average Bonchev–Trinajstić information content (AvgIpc) is 3.63. The van der Waals surface area contributed by atoms with Crippen molar-refractivity contribution in [1.82, 2.24) is 4.90 Å². The number of aliphatic hydroxyl groups excluding tert-OH is 1. The average molecular weight is 563 g/mol. The highest BCUT2D eigenvalue weighted by Crippen LogP contribution is 2.67. The number of rotatable bonds is 11. The minimum atomic E-state index is -0.906. The van der Waals surface area contributed by atoms with E-state index in [0.717, 1.165) is 5.56 Å². The normalized spacial score (nSPS) is 27.1. The summed E-state index contributed by atoms with van der Waals surface area (Å²) in [5, 5.41) is 10.5. The zero-order chi connectivity index (χ0) is 28.4. The number of anilines is 1. The lowest BCUT2D eigenvalue weighted by molar-refractivity contribution is -0.153. The lowest BCUT2D eigenvalue weighted by Crippen LogP contribution is -2.56. The predicted molar refractivity (Wildman–Crippen MR) is 154 cm³/mol. The fourth-order valence-electron chi connectivity index (χ4n) is 6.60. The lowest BCUT2D eigenvalue weighted by Gasteiger charge is -2.39. The second kappa shape index (κ2) is 11.5. The van der Waals surface area contributed by atoms with E-state index in [1.165, 1.54) is 6.08 Å². The second-order valence-corrected chi connectivity index (χ2v) is 11.9. The third-order valence-electron chi connectivity index (χ3n) is 8.24. The van der Waals surface area contributed by atoms with Gasteiger partial charge in [-0.3, -0.25) is 14.4 Å². The molecule has 3 aliphatic heterocycles. The van der Waals surface area contributed by atoms with E-state index in [1.807, 2.05) is 30.3 Å². The van der Waals surface area contributed by atoms with E-state index in [9.17, 15) is 19.5 Å². The molecule has 2 bridgehead atoms. The van der Waals surface area contributed by atoms with Crippen LogP contribution in [0.25, 0.3) is 0 Å². The Labute approximate surface area is 238 Å². The van der Waals surface area contributed by atoms with E-state index >= 15 is 0 Å². The highest BCUT2D eigenvalue weighted by molar-refractivity contribution is 8.02. The van der Waals surface area contributed by atoms with Crippen molar-refractivity contribution in [3.8, 4) is 5.75 Å². The number of hydrogen-bond acceptors (Lipinski definition) is 7. The third-order valence-corrected chi connectivity index (χ3v) is 10.2. The highest BCUT2D eigenvalue weighted by Gasteiger charge is 2.75. The van der Waals surface area contributed by atoms with Crippen LogP contribution < -0.4 is 9.64 Å². The summed E-state index contributed by atoms with van der Waals surface area (Å²) in [6.45, 7) is 7.40. The molecule has 3 aliphatic rings. The van der Waals surface area contributed by atoms with Gasteiger partial charge in [-0.1, -0.05) is 49.1 Å². The molecule has 9 heteroatoms. The molecule has 0 radical (unpaired) electrons. The van der Waals surface area contributed by atoms with Gasteiger partial charge in [-0.15, -0.1) is 18.3 Å². The van der Waals surface area contributed by atoms with Crippen molar-refractivity contribution in [3.63, 3.8) is 0 Å². The van der Waals surface area contributed by atoms with Crippen LogP contribution in [0.5, 0.6) is 5.75 Å². The number of benzene rings is 2. The topological polar surface area (TPSA) is 96.4 Å². The first kappa shape index (κ1) is 28.0. The Morgan fingerprint density at radius 2 is 1.90 bits per heavy atom. The fraction of sp³-hybridized carbons (Fsp3) is 0.387. The van der Waals surface area contributed by atoms with Crippen LogP contribution in [-0.4, -0.2) is 70.7 Å². The van der Waals surface area contributed by atoms with Crippen LogP contribution in [0.4, 0.5) is 5.69 Å². The van der Waals surface area contributed by atoms with E-state index < -0.39 is 34.6 Å². The number of carbonyl (C=O) groups excluding carboxylic acids is 3. The largest absolute Gasteiger partial charge is 0.497 e. The van der Waals surface area contributed by atoms with Gasteiger partial charge in [0, 0.05) is 17.5 Å². The van der Waals surface area contributed by atoms with E-state index in [1.54, 1.807) is 59.0 Å². The number of hydrogen-bond donors (Lipinski definition) is 1. The third kappa shape index (κ3) is 4.51. The van der Waals surface area contributed by atoms with E-state index in [2.05, 4.69) is 13.2 Å². The molecule has 8 nitrogen and oxygen atoms in total. The predicted octanol–water partition coefficient (Wildman–Crippen LogP) is 3.77. The van der Waals surface area contributed by atoms with Crippen LogP contribution in [0.3, 0.4) is 0 Å². The number of amides is 2. The molecule has 0 aromatic heterocycles. The van der Waals surface area contributed by atoms with E-state index in [0.29, 0.717) is 24.3 Å². The zero-order valence-electron chi connectivity index (χ0n) is 22.5. The Kier molecular flexibility index (Phi) is 8.05. The minimum Gasteiger partial charge on any atom is -0.497 e. The Balaban J connectivity index is 1.62. The van der Waals surface area contributed by atoms with Crippen molar-refractivity contribution in [2.75, 3.05) is 31.8 Å². The molecule has 2 aromatic rings. The van der Waals surface area contributed by atoms with Gasteiger partial charge in [0.2, 0.25) is 5.91 Å². The SMILES string of the molecule is C=CCOC(=O)[C@@H]1[C@@H]2CCC3(S2)C(C(=O)N(CC=C)c2ccc(OC)cc2)N([C@H](CO)c2ccccc2)C(=O)[C@H]13. The van der Waals surface area contributed by atoms with Crippen molar-refractivity contribution >= 4 is 35.2 Å². The molecule has 6 atom stereocenters. The molecular weight excluding hydrogens is 528 g/mol. The summed E-state index contributed by atoms with van der Waals surface area (Å²) in [5.41, 5.74) is 1.36. The molecule has 3 saturated heterocycles. The van der Waals surface area contributed by atoms with Gasteiger partial charge in [-0.05, 0) is 42.7 Å². The summed E-state index contributed by atoms with van der Waals surface area (Å²) in [4.78, 5) is 45.5. The van der Waals surface area contributed by atoms with Crippen LogP contribution in [-0.2, 0) is 19.1 Å². The molecule has 210 valence electrons. The maximum absolute atomic E-state index is 14.7. The van der Waals surface area contributed by atoms with Gasteiger partial charge in [0.1, 0.15) is 18.4 Å². The molecule has 0 aliphatic carbocycles. The van der Waals surface area contributed by atoms with E-state index in [-0.39, 0.29) is 36.8 Å². The fourth-order valence-corrected chi connectivity index (χ4v) is 8.79. The van der Waals surface area contributed by atoms with Crippen molar-refractivity contribution in [2.24, 2.45) is 11.8 Å². The summed E-state index contributed by atoms with van der Waals surface area (Å²) < 4.78 is 9.92. The Morgan fingerprint density at radius 1 is 1.18 bits per heavy atom. The maximum atomic E-state index is 14.7. The number of carbonyl (C=O) groups is 3. The molecule has 0 saturated carbocycles. The van der Waals surface area contributed by atoms with Gasteiger partial charge in [-0.2, -0.15) is 0 Å². The number of nitrogens with zero attached hydrogens (tertiary/aromatic N) is 2. The van der Waals surface area contributed by atoms with Crippen molar-refractivity contribution in [3.05, 3.63) is 85.5 Å². The smallest absolute Gasteiger partial charge is 0.311 e. The molecule has 3 fully saturated rings. The number of esters is 1. The summed E-state index contributed by atoms with van der Waals surface area (Å²) in [6, 6.07) is 14.7. The minimum absolute atomic E-state index is 0.0561. The summed E-state index contributed by atoms with van der Waals surface area (Å²) in [7, 11) is 1.58. The number of thioether (sulfide) groups is 1. The van der Waals surface area contributed by atoms with E-state index in [4.69, 9.17) is 9.47 Å². The van der Waals surface area contributed by atoms with Crippen LogP contribution in [0.2, 0.25) is 0 Å². The van der Waals surface area contributed by atoms with Gasteiger partial charge in [0.05, 0.1) is 36.3 Å². The van der Waals surface area contributed by atoms with Crippen LogP contribution in [0.15, 0.2) is 79.9 Å². The first-order chi connectivity index (χ1) is 19.4. The molecule has 1 N–H and O–H groups in total. The molecule has 2 amide bonds. The standard InChI is InChI=1S/C31H34N2O6S/c1-4-17-32(21-11-13-22(38-3)14-12-21)29(36)27-31-16-15-24(40-31)25(30(37)39-18-5-2)26(31)28(35)33(27)23(19-34)20-9-7-6-8-10-20/h4-14,23-27,34H,1-2,15-19H2,3H3/t23-,24+,25-,26+,27?,31?/m1/s1. The highest BCUT2D eigenvalue weighted by atomic mass is 32.2. The first-order valence-electron chi connectivity index (χ1n) is 13.4. The lowest BCUT2D eigenvalue weighted by atomic mass is 9.71. The molecule has 3 heterocycles. The molecule has 40 heavy (non-hydrogen) atoms. The zero-order valence-corrected chi connectivity index (χ0v) is 23.3. The van der Waals surface area contributed by atoms with Crippen LogP contribution in [0, 0.1) is 11.8 Å². The number of ether oxygens (including phenoxy) is 2. The van der Waals surface area contributed by atoms with Crippen molar-refractivity contribution in [2.45, 2.75) is 34.9 Å². The van der Waals surface area contributed by atoms with Gasteiger partial charge in [0.15, 0.2) is 0 Å². The molecule has 1 spiro atoms. The summed E-state index contributed by atoms with van der Waals surface area (Å²) in [6.07, 6.45) is 4.45. The van der Waals surface area contributed by atoms with Crippen LogP contribution >= 0.6 is 11.8 Å². The summed E-state index contributed by atoms with van der Waals surface area (Å²) in [5.74, 6) is -1.77. The maximum Gasteiger partial charge on any atom is 0.311 e. The Hall–Kier alpha value is -3.56. The number of likely N-dealkylation sites (tertiary alicyclic amines) is 1. The number of fused-ring (bicyclic) bond motifs is 1. The quantitative estimate of drug-likeness (QED) is 0.329. The monoisotopic (exact) mass is 562 g/mol. The van der Waals surface area contributed by atoms with Crippen LogP contribution in [0.1, 0.15) is 24.4 Å². The number of aliphatic hydroxyl groups is 1. The second-order valence-electron chi connectivity index (χ2n) is 10.3. The number of methoxy groups -OCH3 is 1. The van der Waals surface area contributed by atoms with Crippen molar-refractivity contribution in [1.29, 1.82) is 0 Å². The molecule has 5 rings (SSSR count).